The van der Waals surface area contributed by atoms with Crippen LogP contribution in [0.15, 0.2) is 12.1 Å². The van der Waals surface area contributed by atoms with Crippen LogP contribution in [-0.2, 0) is 6.42 Å². The summed E-state index contributed by atoms with van der Waals surface area (Å²) in [5, 5.41) is 6.97. The molecule has 1 aliphatic heterocycles. The van der Waals surface area contributed by atoms with E-state index in [4.69, 9.17) is 4.74 Å². The molecule has 0 saturated carbocycles. The standard InChI is InChI=1S/C16H26N2O/c1-12-8-13(2)16(19-3)15(9-12)5-7-18-11-14-4-6-17-10-14/h8-9,14,17-18H,4-7,10-11H2,1-3H3. The fourth-order valence-corrected chi connectivity index (χ4v) is 2.94. The predicted octanol–water partition coefficient (Wildman–Crippen LogP) is 2.05. The molecule has 1 saturated heterocycles. The lowest BCUT2D eigenvalue weighted by molar-refractivity contribution is 0.405. The Hall–Kier alpha value is -1.06. The van der Waals surface area contributed by atoms with Crippen molar-refractivity contribution in [1.82, 2.24) is 10.6 Å². The first-order chi connectivity index (χ1) is 9.20. The second kappa shape index (κ2) is 6.92. The van der Waals surface area contributed by atoms with E-state index in [0.29, 0.717) is 0 Å². The summed E-state index contributed by atoms with van der Waals surface area (Å²) in [6.07, 6.45) is 2.34. The largest absolute Gasteiger partial charge is 0.496 e. The van der Waals surface area contributed by atoms with Gasteiger partial charge in [0.2, 0.25) is 0 Å². The molecule has 1 atom stereocenters. The van der Waals surface area contributed by atoms with Crippen molar-refractivity contribution in [2.24, 2.45) is 5.92 Å². The Balaban J connectivity index is 1.84. The van der Waals surface area contributed by atoms with E-state index >= 15 is 0 Å². The SMILES string of the molecule is COc1c(C)cc(C)cc1CCNCC1CCNC1. The van der Waals surface area contributed by atoms with Gasteiger partial charge in [0.15, 0.2) is 0 Å². The van der Waals surface area contributed by atoms with Gasteiger partial charge in [0.05, 0.1) is 7.11 Å². The van der Waals surface area contributed by atoms with Gasteiger partial charge in [-0.2, -0.15) is 0 Å². The predicted molar refractivity (Wildman–Crippen MR) is 80.0 cm³/mol. The highest BCUT2D eigenvalue weighted by molar-refractivity contribution is 5.43. The van der Waals surface area contributed by atoms with Crippen LogP contribution in [0.1, 0.15) is 23.1 Å². The van der Waals surface area contributed by atoms with Crippen molar-refractivity contribution in [2.75, 3.05) is 33.3 Å². The molecule has 1 aliphatic rings. The van der Waals surface area contributed by atoms with Crippen LogP contribution in [0.2, 0.25) is 0 Å². The van der Waals surface area contributed by atoms with E-state index in [-0.39, 0.29) is 0 Å². The molecule has 0 aromatic heterocycles. The Morgan fingerprint density at radius 3 is 2.89 bits per heavy atom. The van der Waals surface area contributed by atoms with Gasteiger partial charge >= 0.3 is 0 Å². The molecule has 1 aromatic carbocycles. The van der Waals surface area contributed by atoms with E-state index < -0.39 is 0 Å². The van der Waals surface area contributed by atoms with Crippen LogP contribution in [0.25, 0.3) is 0 Å². The lowest BCUT2D eigenvalue weighted by Gasteiger charge is -2.14. The van der Waals surface area contributed by atoms with E-state index in [1.54, 1.807) is 7.11 Å². The molecular weight excluding hydrogens is 236 g/mol. The highest BCUT2D eigenvalue weighted by atomic mass is 16.5. The Labute approximate surface area is 116 Å². The minimum atomic E-state index is 0.807. The molecule has 1 unspecified atom stereocenters. The third-order valence-electron chi connectivity index (χ3n) is 3.87. The van der Waals surface area contributed by atoms with Gasteiger partial charge in [0.25, 0.3) is 0 Å². The van der Waals surface area contributed by atoms with Crippen LogP contribution in [0.3, 0.4) is 0 Å². The third-order valence-corrected chi connectivity index (χ3v) is 3.87. The Morgan fingerprint density at radius 2 is 2.21 bits per heavy atom. The van der Waals surface area contributed by atoms with Crippen LogP contribution in [0.5, 0.6) is 5.75 Å². The quantitative estimate of drug-likeness (QED) is 0.770. The number of hydrogen-bond donors (Lipinski definition) is 2. The molecule has 2 rings (SSSR count). The van der Waals surface area contributed by atoms with Gasteiger partial charge in [0, 0.05) is 0 Å². The maximum absolute atomic E-state index is 5.52. The van der Waals surface area contributed by atoms with Crippen molar-refractivity contribution < 1.29 is 4.74 Å². The first-order valence-corrected chi connectivity index (χ1v) is 7.26. The van der Waals surface area contributed by atoms with E-state index in [9.17, 15) is 0 Å². The zero-order valence-electron chi connectivity index (χ0n) is 12.4. The van der Waals surface area contributed by atoms with E-state index in [0.717, 1.165) is 31.2 Å². The second-order valence-electron chi connectivity index (χ2n) is 5.59. The fraction of sp³-hybridized carbons (Fsp3) is 0.625. The molecular formula is C16H26N2O. The van der Waals surface area contributed by atoms with Gasteiger partial charge in [-0.05, 0) is 69.9 Å². The molecule has 2 N–H and O–H groups in total. The van der Waals surface area contributed by atoms with Crippen LogP contribution in [-0.4, -0.2) is 33.3 Å². The van der Waals surface area contributed by atoms with E-state index in [1.807, 2.05) is 0 Å². The summed E-state index contributed by atoms with van der Waals surface area (Å²) >= 11 is 0. The molecule has 0 bridgehead atoms. The van der Waals surface area contributed by atoms with Gasteiger partial charge in [0.1, 0.15) is 5.75 Å². The molecule has 0 spiro atoms. The van der Waals surface area contributed by atoms with Gasteiger partial charge in [-0.1, -0.05) is 17.7 Å². The minimum absolute atomic E-state index is 0.807. The molecule has 3 heteroatoms. The summed E-state index contributed by atoms with van der Waals surface area (Å²) < 4.78 is 5.52. The molecule has 1 heterocycles. The molecule has 1 fully saturated rings. The summed E-state index contributed by atoms with van der Waals surface area (Å²) in [7, 11) is 1.76. The summed E-state index contributed by atoms with van der Waals surface area (Å²) in [6, 6.07) is 4.42. The number of aryl methyl sites for hydroxylation is 2. The molecule has 0 radical (unpaired) electrons. The molecule has 1 aromatic rings. The van der Waals surface area contributed by atoms with Crippen LogP contribution < -0.4 is 15.4 Å². The molecule has 0 amide bonds. The first kappa shape index (κ1) is 14.4. The first-order valence-electron chi connectivity index (χ1n) is 7.26. The van der Waals surface area contributed by atoms with Crippen LogP contribution in [0, 0.1) is 19.8 Å². The van der Waals surface area contributed by atoms with Crippen molar-refractivity contribution in [3.05, 3.63) is 28.8 Å². The molecule has 0 aliphatic carbocycles. The zero-order chi connectivity index (χ0) is 13.7. The van der Waals surface area contributed by atoms with Gasteiger partial charge < -0.3 is 15.4 Å². The third kappa shape index (κ3) is 3.95. The summed E-state index contributed by atoms with van der Waals surface area (Å²) in [4.78, 5) is 0. The normalized spacial score (nSPS) is 18.8. The average molecular weight is 262 g/mol. The second-order valence-corrected chi connectivity index (χ2v) is 5.59. The fourth-order valence-electron chi connectivity index (χ4n) is 2.94. The number of rotatable bonds is 6. The Morgan fingerprint density at radius 1 is 1.37 bits per heavy atom. The Bertz CT molecular complexity index is 411. The maximum atomic E-state index is 5.52. The minimum Gasteiger partial charge on any atom is -0.496 e. The van der Waals surface area contributed by atoms with Gasteiger partial charge in [-0.3, -0.25) is 0 Å². The van der Waals surface area contributed by atoms with E-state index in [1.165, 1.54) is 36.2 Å². The van der Waals surface area contributed by atoms with Crippen molar-refractivity contribution >= 4 is 0 Å². The topological polar surface area (TPSA) is 33.3 Å². The lowest BCUT2D eigenvalue weighted by Crippen LogP contribution is -2.26. The number of nitrogens with one attached hydrogen (secondary N) is 2. The zero-order valence-corrected chi connectivity index (χ0v) is 12.4. The monoisotopic (exact) mass is 262 g/mol. The number of benzene rings is 1. The smallest absolute Gasteiger partial charge is 0.125 e. The van der Waals surface area contributed by atoms with Gasteiger partial charge in [-0.25, -0.2) is 0 Å². The number of hydrogen-bond acceptors (Lipinski definition) is 3. The summed E-state index contributed by atoms with van der Waals surface area (Å²) in [5.41, 5.74) is 3.86. The van der Waals surface area contributed by atoms with Crippen molar-refractivity contribution in [3.63, 3.8) is 0 Å². The molecule has 106 valence electrons. The summed E-state index contributed by atoms with van der Waals surface area (Å²) in [5.74, 6) is 1.86. The van der Waals surface area contributed by atoms with Crippen LogP contribution in [0.4, 0.5) is 0 Å². The van der Waals surface area contributed by atoms with Gasteiger partial charge in [-0.15, -0.1) is 0 Å². The Kier molecular flexibility index (Phi) is 5.23. The highest BCUT2D eigenvalue weighted by Gasteiger charge is 2.13. The van der Waals surface area contributed by atoms with Crippen molar-refractivity contribution in [1.29, 1.82) is 0 Å². The average Bonchev–Trinajstić information content (AvgIpc) is 2.87. The maximum Gasteiger partial charge on any atom is 0.125 e. The van der Waals surface area contributed by atoms with Crippen LogP contribution >= 0.6 is 0 Å². The number of ether oxygens (including phenoxy) is 1. The van der Waals surface area contributed by atoms with E-state index in [2.05, 4.69) is 36.6 Å². The van der Waals surface area contributed by atoms with Crippen molar-refractivity contribution in [2.45, 2.75) is 26.7 Å². The highest BCUT2D eigenvalue weighted by Crippen LogP contribution is 2.25. The molecule has 3 nitrogen and oxygen atoms in total. The lowest BCUT2D eigenvalue weighted by atomic mass is 10.0. The summed E-state index contributed by atoms with van der Waals surface area (Å²) in [6.45, 7) is 8.76. The number of methoxy groups -OCH3 is 1. The molecule has 19 heavy (non-hydrogen) atoms. The van der Waals surface area contributed by atoms with Crippen molar-refractivity contribution in [3.8, 4) is 5.75 Å².